The van der Waals surface area contributed by atoms with Crippen LogP contribution >= 0.6 is 11.6 Å². The summed E-state index contributed by atoms with van der Waals surface area (Å²) >= 11 is 5.71. The van der Waals surface area contributed by atoms with Crippen molar-refractivity contribution >= 4 is 17.7 Å². The van der Waals surface area contributed by atoms with Crippen molar-refractivity contribution in [3.8, 4) is 6.07 Å². The van der Waals surface area contributed by atoms with Crippen molar-refractivity contribution in [2.45, 2.75) is 59.5 Å². The first-order chi connectivity index (χ1) is 11.7. The van der Waals surface area contributed by atoms with Gasteiger partial charge in [-0.05, 0) is 64.2 Å². The molecular formula is C20H29ClN2O2. The number of rotatable bonds is 2. The van der Waals surface area contributed by atoms with Crippen molar-refractivity contribution in [3.05, 3.63) is 34.3 Å². The maximum absolute atomic E-state index is 11.7. The summed E-state index contributed by atoms with van der Waals surface area (Å²) in [5.74, 6) is 0.683. The number of hydrogen-bond acceptors (Lipinski definition) is 3. The molecule has 1 saturated heterocycles. The van der Waals surface area contributed by atoms with Crippen LogP contribution in [0.1, 0.15) is 58.1 Å². The van der Waals surface area contributed by atoms with Gasteiger partial charge in [0, 0.05) is 13.1 Å². The second kappa shape index (κ2) is 9.68. The molecule has 1 aromatic rings. The van der Waals surface area contributed by atoms with Gasteiger partial charge >= 0.3 is 6.09 Å². The number of halogens is 1. The third-order valence-corrected chi connectivity index (χ3v) is 4.19. The topological polar surface area (TPSA) is 53.3 Å². The van der Waals surface area contributed by atoms with E-state index in [1.165, 1.54) is 12.8 Å². The number of benzene rings is 1. The van der Waals surface area contributed by atoms with E-state index in [-0.39, 0.29) is 11.7 Å². The number of amides is 1. The van der Waals surface area contributed by atoms with E-state index in [0.717, 1.165) is 25.1 Å². The van der Waals surface area contributed by atoms with Crippen LogP contribution < -0.4 is 0 Å². The van der Waals surface area contributed by atoms with Gasteiger partial charge in [-0.25, -0.2) is 4.79 Å². The Balaban J connectivity index is 0.000000271. The maximum Gasteiger partial charge on any atom is 0.410 e. The smallest absolute Gasteiger partial charge is 0.410 e. The van der Waals surface area contributed by atoms with Gasteiger partial charge in [0.15, 0.2) is 0 Å². The summed E-state index contributed by atoms with van der Waals surface area (Å²) < 4.78 is 5.34. The van der Waals surface area contributed by atoms with Crippen LogP contribution in [0.3, 0.4) is 0 Å². The average molecular weight is 365 g/mol. The first kappa shape index (κ1) is 21.3. The van der Waals surface area contributed by atoms with Crippen molar-refractivity contribution in [2.24, 2.45) is 5.92 Å². The van der Waals surface area contributed by atoms with Gasteiger partial charge in [0.05, 0.1) is 10.6 Å². The van der Waals surface area contributed by atoms with Gasteiger partial charge < -0.3 is 9.64 Å². The van der Waals surface area contributed by atoms with Crippen molar-refractivity contribution < 1.29 is 9.53 Å². The first-order valence-corrected chi connectivity index (χ1v) is 9.18. The Morgan fingerprint density at radius 2 is 2.12 bits per heavy atom. The summed E-state index contributed by atoms with van der Waals surface area (Å²) in [6, 6.07) is 7.35. The monoisotopic (exact) mass is 364 g/mol. The number of carbonyl (C=O) groups excluding carboxylic acids is 1. The molecule has 0 radical (unpaired) electrons. The number of likely N-dealkylation sites (tertiary alicyclic amines) is 1. The summed E-state index contributed by atoms with van der Waals surface area (Å²) in [6.45, 7) is 11.6. The molecule has 2 rings (SSSR count). The van der Waals surface area contributed by atoms with E-state index in [0.29, 0.717) is 16.5 Å². The molecule has 1 aromatic carbocycles. The molecule has 4 nitrogen and oxygen atoms in total. The van der Waals surface area contributed by atoms with Crippen molar-refractivity contribution in [1.29, 1.82) is 5.26 Å². The van der Waals surface area contributed by atoms with Crippen molar-refractivity contribution in [3.63, 3.8) is 0 Å². The molecule has 0 spiro atoms. The van der Waals surface area contributed by atoms with Crippen LogP contribution in [0.4, 0.5) is 4.79 Å². The highest BCUT2D eigenvalue weighted by Crippen LogP contribution is 2.22. The highest BCUT2D eigenvalue weighted by atomic mass is 35.5. The number of ether oxygens (including phenoxy) is 1. The van der Waals surface area contributed by atoms with Crippen molar-refractivity contribution in [2.75, 3.05) is 13.1 Å². The minimum atomic E-state index is -0.375. The van der Waals surface area contributed by atoms with E-state index in [1.54, 1.807) is 12.1 Å². The molecule has 1 fully saturated rings. The van der Waals surface area contributed by atoms with E-state index in [1.807, 2.05) is 44.7 Å². The van der Waals surface area contributed by atoms with E-state index in [2.05, 4.69) is 6.92 Å². The minimum Gasteiger partial charge on any atom is -0.444 e. The molecule has 0 aromatic heterocycles. The Morgan fingerprint density at radius 1 is 1.44 bits per heavy atom. The minimum absolute atomic E-state index is 0.152. The molecule has 5 heteroatoms. The van der Waals surface area contributed by atoms with Crippen LogP contribution in [0.25, 0.3) is 0 Å². The molecule has 1 heterocycles. The zero-order chi connectivity index (χ0) is 19.0. The lowest BCUT2D eigenvalue weighted by Crippen LogP contribution is -2.35. The van der Waals surface area contributed by atoms with Crippen molar-refractivity contribution in [1.82, 2.24) is 4.90 Å². The summed E-state index contributed by atoms with van der Waals surface area (Å²) in [7, 11) is 0. The zero-order valence-electron chi connectivity index (χ0n) is 15.9. The molecule has 1 aliphatic heterocycles. The van der Waals surface area contributed by atoms with Crippen LogP contribution in [0.5, 0.6) is 0 Å². The second-order valence-electron chi connectivity index (χ2n) is 7.46. The molecule has 0 N–H and O–H groups in total. The SMILES string of the molecule is CCCC1CCN(C(=O)OC(C)(C)C)C1.Cc1ccc(C#N)c(Cl)c1. The fourth-order valence-electron chi connectivity index (χ4n) is 2.68. The van der Waals surface area contributed by atoms with Crippen LogP contribution in [0.2, 0.25) is 5.02 Å². The van der Waals surface area contributed by atoms with Crippen LogP contribution in [0.15, 0.2) is 18.2 Å². The van der Waals surface area contributed by atoms with Gasteiger partial charge in [0.1, 0.15) is 11.7 Å². The molecule has 0 saturated carbocycles. The van der Waals surface area contributed by atoms with Gasteiger partial charge in [-0.3, -0.25) is 0 Å². The molecular weight excluding hydrogens is 336 g/mol. The molecule has 1 amide bonds. The second-order valence-corrected chi connectivity index (χ2v) is 7.87. The number of nitrogens with zero attached hydrogens (tertiary/aromatic N) is 2. The van der Waals surface area contributed by atoms with E-state index in [4.69, 9.17) is 21.6 Å². The molecule has 138 valence electrons. The molecule has 0 bridgehead atoms. The number of carbonyl (C=O) groups is 1. The predicted molar refractivity (Wildman–Crippen MR) is 102 cm³/mol. The summed E-state index contributed by atoms with van der Waals surface area (Å²) in [5, 5.41) is 9.00. The van der Waals surface area contributed by atoms with Gasteiger partial charge in [-0.15, -0.1) is 0 Å². The Morgan fingerprint density at radius 3 is 2.64 bits per heavy atom. The molecule has 25 heavy (non-hydrogen) atoms. The highest BCUT2D eigenvalue weighted by Gasteiger charge is 2.28. The van der Waals surface area contributed by atoms with Gasteiger partial charge in [-0.2, -0.15) is 5.26 Å². The molecule has 1 aliphatic rings. The maximum atomic E-state index is 11.7. The van der Waals surface area contributed by atoms with E-state index < -0.39 is 0 Å². The highest BCUT2D eigenvalue weighted by molar-refractivity contribution is 6.31. The molecule has 0 aliphatic carbocycles. The fraction of sp³-hybridized carbons (Fsp3) is 0.600. The van der Waals surface area contributed by atoms with E-state index in [9.17, 15) is 4.79 Å². The van der Waals surface area contributed by atoms with Gasteiger partial charge in [0.2, 0.25) is 0 Å². The quantitative estimate of drug-likeness (QED) is 0.689. The normalized spacial score (nSPS) is 16.7. The lowest BCUT2D eigenvalue weighted by molar-refractivity contribution is 0.0287. The van der Waals surface area contributed by atoms with Gasteiger partial charge in [0.25, 0.3) is 0 Å². The number of aryl methyl sites for hydroxylation is 1. The third-order valence-electron chi connectivity index (χ3n) is 3.88. The largest absolute Gasteiger partial charge is 0.444 e. The number of nitriles is 1. The predicted octanol–water partition coefficient (Wildman–Crippen LogP) is 5.56. The third kappa shape index (κ3) is 7.79. The summed E-state index contributed by atoms with van der Waals surface area (Å²) in [6.07, 6.45) is 3.40. The van der Waals surface area contributed by atoms with Gasteiger partial charge in [-0.1, -0.05) is 31.0 Å². The lowest BCUT2D eigenvalue weighted by atomic mass is 10.0. The van der Waals surface area contributed by atoms with E-state index >= 15 is 0 Å². The Kier molecular flexibility index (Phi) is 8.25. The lowest BCUT2D eigenvalue weighted by Gasteiger charge is -2.24. The average Bonchev–Trinajstić information content (AvgIpc) is 2.95. The standard InChI is InChI=1S/C12H23NO2.C8H6ClN/c1-5-6-10-7-8-13(9-10)11(14)15-12(2,3)4;1-6-2-3-7(5-10)8(9)4-6/h10H,5-9H2,1-4H3;2-4H,1H3. The zero-order valence-corrected chi connectivity index (χ0v) is 16.7. The molecule has 1 unspecified atom stereocenters. The summed E-state index contributed by atoms with van der Waals surface area (Å²) in [4.78, 5) is 13.6. The Labute approximate surface area is 156 Å². The Hall–Kier alpha value is -1.73. The van der Waals surface area contributed by atoms with Crippen LogP contribution in [0, 0.1) is 24.2 Å². The number of hydrogen-bond donors (Lipinski definition) is 0. The first-order valence-electron chi connectivity index (χ1n) is 8.80. The van der Waals surface area contributed by atoms with Crippen LogP contribution in [-0.4, -0.2) is 29.7 Å². The van der Waals surface area contributed by atoms with Crippen LogP contribution in [-0.2, 0) is 4.74 Å². The fourth-order valence-corrected chi connectivity index (χ4v) is 2.96. The summed E-state index contributed by atoms with van der Waals surface area (Å²) in [5.41, 5.74) is 1.23. The Bertz CT molecular complexity index is 617. The molecule has 1 atom stereocenters.